The first-order valence-electron chi connectivity index (χ1n) is 5.55. The van der Waals surface area contributed by atoms with Crippen molar-refractivity contribution in [1.82, 2.24) is 4.98 Å². The Morgan fingerprint density at radius 1 is 1.12 bits per heavy atom. The van der Waals surface area contributed by atoms with Crippen LogP contribution in [0, 0.1) is 0 Å². The molecule has 1 aromatic heterocycles. The molecule has 78 valence electrons. The molecule has 2 aromatic rings. The zero-order valence-electron chi connectivity index (χ0n) is 8.59. The minimum absolute atomic E-state index is 0.516. The van der Waals surface area contributed by atoms with Crippen LogP contribution in [-0.2, 0) is 0 Å². The second-order valence-electron chi connectivity index (χ2n) is 4.69. The van der Waals surface area contributed by atoms with Gasteiger partial charge < -0.3 is 10.0 Å². The number of fused-ring (bicyclic) bond motifs is 3. The summed E-state index contributed by atoms with van der Waals surface area (Å²) in [5, 5.41) is 19.8. The molecule has 1 heterocycles. The Morgan fingerprint density at radius 3 is 2.62 bits per heavy atom. The maximum atomic E-state index is 9.32. The minimum Gasteiger partial charge on any atom is -0.423 e. The van der Waals surface area contributed by atoms with E-state index < -0.39 is 7.12 Å². The van der Waals surface area contributed by atoms with Gasteiger partial charge in [-0.15, -0.1) is 0 Å². The van der Waals surface area contributed by atoms with Crippen molar-refractivity contribution in [3.8, 4) is 0 Å². The highest BCUT2D eigenvalue weighted by molar-refractivity contribution is 6.61. The number of rotatable bonds is 1. The molecule has 0 saturated heterocycles. The molecular formula is C12H10BNO2. The summed E-state index contributed by atoms with van der Waals surface area (Å²) < 4.78 is 0. The number of hydrogen-bond acceptors (Lipinski definition) is 3. The van der Waals surface area contributed by atoms with Crippen LogP contribution in [0.2, 0.25) is 0 Å². The molecule has 4 rings (SSSR count). The van der Waals surface area contributed by atoms with Crippen LogP contribution in [0.3, 0.4) is 0 Å². The number of pyridine rings is 1. The summed E-state index contributed by atoms with van der Waals surface area (Å²) in [6.45, 7) is 0. The lowest BCUT2D eigenvalue weighted by atomic mass is 9.78. The fourth-order valence-electron chi connectivity index (χ4n) is 3.05. The van der Waals surface area contributed by atoms with Crippen molar-refractivity contribution in [2.24, 2.45) is 0 Å². The summed E-state index contributed by atoms with van der Waals surface area (Å²) in [6, 6.07) is 5.89. The summed E-state index contributed by atoms with van der Waals surface area (Å²) in [4.78, 5) is 4.30. The van der Waals surface area contributed by atoms with Gasteiger partial charge in [-0.3, -0.25) is 4.98 Å². The average molecular weight is 211 g/mol. The lowest BCUT2D eigenvalue weighted by Crippen LogP contribution is -2.31. The molecule has 0 amide bonds. The van der Waals surface area contributed by atoms with E-state index in [9.17, 15) is 10.0 Å². The number of nitrogens with zero attached hydrogens (tertiary/aromatic N) is 1. The van der Waals surface area contributed by atoms with Crippen LogP contribution in [0.5, 0.6) is 0 Å². The highest BCUT2D eigenvalue weighted by atomic mass is 16.4. The maximum Gasteiger partial charge on any atom is 0.490 e. The third kappa shape index (κ3) is 0.895. The number of benzene rings is 1. The van der Waals surface area contributed by atoms with Gasteiger partial charge in [-0.25, -0.2) is 0 Å². The van der Waals surface area contributed by atoms with Gasteiger partial charge in [-0.2, -0.15) is 0 Å². The molecule has 0 spiro atoms. The Morgan fingerprint density at radius 2 is 1.88 bits per heavy atom. The molecule has 2 aliphatic rings. The largest absolute Gasteiger partial charge is 0.490 e. The van der Waals surface area contributed by atoms with E-state index in [-0.39, 0.29) is 0 Å². The van der Waals surface area contributed by atoms with E-state index in [4.69, 9.17) is 0 Å². The van der Waals surface area contributed by atoms with E-state index in [0.29, 0.717) is 17.3 Å². The molecule has 3 nitrogen and oxygen atoms in total. The molecule has 4 heteroatoms. The van der Waals surface area contributed by atoms with Gasteiger partial charge in [-0.1, -0.05) is 12.1 Å². The summed E-state index contributed by atoms with van der Waals surface area (Å²) >= 11 is 0. The van der Waals surface area contributed by atoms with Crippen LogP contribution in [0.15, 0.2) is 24.4 Å². The highest BCUT2D eigenvalue weighted by Gasteiger charge is 2.47. The Bertz CT molecular complexity index is 597. The van der Waals surface area contributed by atoms with Crippen molar-refractivity contribution < 1.29 is 10.0 Å². The molecule has 1 saturated carbocycles. The van der Waals surface area contributed by atoms with Gasteiger partial charge in [0, 0.05) is 17.0 Å². The zero-order valence-corrected chi connectivity index (χ0v) is 8.59. The Kier molecular flexibility index (Phi) is 1.44. The van der Waals surface area contributed by atoms with Gasteiger partial charge >= 0.3 is 7.12 Å². The van der Waals surface area contributed by atoms with Crippen LogP contribution in [0.1, 0.15) is 29.4 Å². The topological polar surface area (TPSA) is 53.4 Å². The lowest BCUT2D eigenvalue weighted by molar-refractivity contribution is 0.426. The molecule has 2 atom stereocenters. The van der Waals surface area contributed by atoms with Crippen molar-refractivity contribution >= 4 is 23.5 Å². The van der Waals surface area contributed by atoms with E-state index >= 15 is 0 Å². The third-order valence-electron chi connectivity index (χ3n) is 3.86. The number of hydrogen-bond donors (Lipinski definition) is 2. The molecular weight excluding hydrogens is 201 g/mol. The predicted octanol–water partition coefficient (Wildman–Crippen LogP) is 0.499. The summed E-state index contributed by atoms with van der Waals surface area (Å²) in [7, 11) is -1.44. The van der Waals surface area contributed by atoms with Crippen molar-refractivity contribution in [3.63, 3.8) is 0 Å². The van der Waals surface area contributed by atoms with Crippen LogP contribution >= 0.6 is 0 Å². The molecule has 0 aliphatic heterocycles. The molecule has 2 unspecified atom stereocenters. The van der Waals surface area contributed by atoms with E-state index in [1.165, 1.54) is 17.5 Å². The fraction of sp³-hybridized carbons (Fsp3) is 0.250. The molecule has 0 bridgehead atoms. The zero-order chi connectivity index (χ0) is 10.9. The quantitative estimate of drug-likeness (QED) is 0.675. The average Bonchev–Trinajstić information content (AvgIpc) is 3.01. The van der Waals surface area contributed by atoms with Crippen LogP contribution in [0.25, 0.3) is 10.9 Å². The molecule has 2 aliphatic carbocycles. The molecule has 1 aromatic carbocycles. The second kappa shape index (κ2) is 2.65. The van der Waals surface area contributed by atoms with Crippen LogP contribution in [-0.4, -0.2) is 22.2 Å². The van der Waals surface area contributed by atoms with Crippen molar-refractivity contribution in [1.29, 1.82) is 0 Å². The normalized spacial score (nSPS) is 24.6. The Hall–Kier alpha value is -1.39. The molecule has 16 heavy (non-hydrogen) atoms. The van der Waals surface area contributed by atoms with Gasteiger partial charge in [0.2, 0.25) is 0 Å². The van der Waals surface area contributed by atoms with Gasteiger partial charge in [0.15, 0.2) is 0 Å². The maximum absolute atomic E-state index is 9.32. The number of aromatic nitrogens is 1. The molecule has 0 radical (unpaired) electrons. The van der Waals surface area contributed by atoms with Crippen LogP contribution < -0.4 is 5.46 Å². The second-order valence-corrected chi connectivity index (χ2v) is 4.69. The Labute approximate surface area is 92.9 Å². The lowest BCUT2D eigenvalue weighted by Gasteiger charge is -2.08. The predicted molar refractivity (Wildman–Crippen MR) is 61.7 cm³/mol. The molecule has 1 fully saturated rings. The third-order valence-corrected chi connectivity index (χ3v) is 3.86. The van der Waals surface area contributed by atoms with Crippen LogP contribution in [0.4, 0.5) is 0 Å². The SMILES string of the molecule is OB(O)c1ccc2c3c(ccnc13)C1CC21. The van der Waals surface area contributed by atoms with Gasteiger partial charge in [0.1, 0.15) is 0 Å². The first kappa shape index (κ1) is 8.73. The minimum atomic E-state index is -1.44. The van der Waals surface area contributed by atoms with E-state index in [0.717, 1.165) is 10.9 Å². The fourth-order valence-corrected chi connectivity index (χ4v) is 3.05. The van der Waals surface area contributed by atoms with E-state index in [1.807, 2.05) is 6.07 Å². The smallest absolute Gasteiger partial charge is 0.423 e. The Balaban J connectivity index is 2.14. The van der Waals surface area contributed by atoms with Gasteiger partial charge in [0.25, 0.3) is 0 Å². The van der Waals surface area contributed by atoms with Crippen molar-refractivity contribution in [3.05, 3.63) is 35.5 Å². The first-order valence-corrected chi connectivity index (χ1v) is 5.55. The van der Waals surface area contributed by atoms with Gasteiger partial charge in [-0.05, 0) is 35.4 Å². The van der Waals surface area contributed by atoms with Gasteiger partial charge in [0.05, 0.1) is 5.52 Å². The monoisotopic (exact) mass is 211 g/mol. The van der Waals surface area contributed by atoms with Crippen molar-refractivity contribution in [2.45, 2.75) is 18.3 Å². The van der Waals surface area contributed by atoms with Crippen molar-refractivity contribution in [2.75, 3.05) is 0 Å². The molecule has 2 N–H and O–H groups in total. The summed E-state index contributed by atoms with van der Waals surface area (Å²) in [5.74, 6) is 1.32. The van der Waals surface area contributed by atoms with E-state index in [2.05, 4.69) is 11.1 Å². The summed E-state index contributed by atoms with van der Waals surface area (Å²) in [6.07, 6.45) is 3.02. The summed E-state index contributed by atoms with van der Waals surface area (Å²) in [5.41, 5.74) is 3.96. The standard InChI is InChI=1S/C12H10BNO2/c15-13(16)10-2-1-6-8-5-9(8)7-3-4-14-12(10)11(6)7/h1-4,8-9,15-16H,5H2. The first-order chi connectivity index (χ1) is 7.77. The highest BCUT2D eigenvalue weighted by Crippen LogP contribution is 2.62. The van der Waals surface area contributed by atoms with E-state index in [1.54, 1.807) is 12.3 Å².